The van der Waals surface area contributed by atoms with E-state index in [1.165, 1.54) is 6.42 Å². The van der Waals surface area contributed by atoms with Crippen LogP contribution in [0.1, 0.15) is 51.9 Å². The molecule has 0 aromatic heterocycles. The molecule has 3 unspecified atom stereocenters. The molecule has 3 amide bonds. The molecular weight excluding hydrogens is 298 g/mol. The lowest BCUT2D eigenvalue weighted by Crippen LogP contribution is -2.52. The number of hydrogen-bond acceptors (Lipinski definition) is 4. The topological polar surface area (TPSA) is 98.7 Å². The van der Waals surface area contributed by atoms with Crippen LogP contribution in [0, 0.1) is 5.92 Å². The fourth-order valence-corrected chi connectivity index (χ4v) is 3.55. The van der Waals surface area contributed by atoms with E-state index in [4.69, 9.17) is 0 Å². The molecule has 0 spiro atoms. The van der Waals surface area contributed by atoms with Gasteiger partial charge in [0, 0.05) is 6.04 Å². The van der Waals surface area contributed by atoms with Crippen LogP contribution < -0.4 is 10.6 Å². The molecule has 0 bridgehead atoms. The van der Waals surface area contributed by atoms with Crippen molar-refractivity contribution in [3.8, 4) is 0 Å². The van der Waals surface area contributed by atoms with Gasteiger partial charge in [-0.3, -0.25) is 19.8 Å². The van der Waals surface area contributed by atoms with Gasteiger partial charge in [0.1, 0.15) is 6.04 Å². The van der Waals surface area contributed by atoms with Crippen molar-refractivity contribution < 1.29 is 19.5 Å². The lowest BCUT2D eigenvalue weighted by Gasteiger charge is -2.32. The number of likely N-dealkylation sites (tertiary alicyclic amines) is 1. The van der Waals surface area contributed by atoms with Gasteiger partial charge in [-0.2, -0.15) is 0 Å². The number of aliphatic carboxylic acids is 1. The van der Waals surface area contributed by atoms with Crippen LogP contribution in [0.15, 0.2) is 0 Å². The van der Waals surface area contributed by atoms with Gasteiger partial charge in [-0.25, -0.2) is 4.79 Å². The minimum absolute atomic E-state index is 0.0510. The van der Waals surface area contributed by atoms with Crippen LogP contribution in [0.2, 0.25) is 0 Å². The predicted octanol–water partition coefficient (Wildman–Crippen LogP) is 1.33. The Morgan fingerprint density at radius 1 is 1.09 bits per heavy atom. The summed E-state index contributed by atoms with van der Waals surface area (Å²) < 4.78 is 0. The zero-order valence-corrected chi connectivity index (χ0v) is 13.7. The van der Waals surface area contributed by atoms with E-state index in [0.717, 1.165) is 32.1 Å². The average Bonchev–Trinajstić information content (AvgIpc) is 2.49. The summed E-state index contributed by atoms with van der Waals surface area (Å²) >= 11 is 0. The Morgan fingerprint density at radius 2 is 1.78 bits per heavy atom. The van der Waals surface area contributed by atoms with Gasteiger partial charge >= 0.3 is 12.0 Å². The van der Waals surface area contributed by atoms with Crippen LogP contribution in [0.25, 0.3) is 0 Å². The molecule has 1 saturated heterocycles. The van der Waals surface area contributed by atoms with E-state index in [1.807, 2.05) is 0 Å². The van der Waals surface area contributed by atoms with E-state index >= 15 is 0 Å². The van der Waals surface area contributed by atoms with Gasteiger partial charge in [-0.05, 0) is 38.1 Å². The zero-order valence-electron chi connectivity index (χ0n) is 13.7. The third-order valence-corrected chi connectivity index (χ3v) is 4.93. The van der Waals surface area contributed by atoms with Gasteiger partial charge in [-0.15, -0.1) is 0 Å². The molecule has 7 heteroatoms. The number of carbonyl (C=O) groups excluding carboxylic acids is 2. The van der Waals surface area contributed by atoms with Gasteiger partial charge < -0.3 is 10.4 Å². The maximum absolute atomic E-state index is 12.0. The SMILES string of the molecule is CC1CCCCC1NC(=O)NC(=O)CN1CCCCC1C(=O)O. The largest absolute Gasteiger partial charge is 0.480 e. The summed E-state index contributed by atoms with van der Waals surface area (Å²) in [6, 6.07) is -0.994. The molecule has 23 heavy (non-hydrogen) atoms. The number of amides is 3. The summed E-state index contributed by atoms with van der Waals surface area (Å²) in [7, 11) is 0. The van der Waals surface area contributed by atoms with Crippen LogP contribution in [0.5, 0.6) is 0 Å². The van der Waals surface area contributed by atoms with E-state index in [-0.39, 0.29) is 12.6 Å². The molecule has 7 nitrogen and oxygen atoms in total. The number of nitrogens with one attached hydrogen (secondary N) is 2. The number of imide groups is 1. The van der Waals surface area contributed by atoms with Gasteiger partial charge in [0.25, 0.3) is 0 Å². The van der Waals surface area contributed by atoms with Crippen molar-refractivity contribution in [2.24, 2.45) is 5.92 Å². The van der Waals surface area contributed by atoms with Crippen molar-refractivity contribution in [2.75, 3.05) is 13.1 Å². The van der Waals surface area contributed by atoms with E-state index in [9.17, 15) is 19.5 Å². The maximum atomic E-state index is 12.0. The molecule has 3 atom stereocenters. The molecule has 0 radical (unpaired) electrons. The summed E-state index contributed by atoms with van der Waals surface area (Å²) in [5.41, 5.74) is 0. The first-order chi connectivity index (χ1) is 11.0. The second kappa shape index (κ2) is 8.29. The first-order valence-electron chi connectivity index (χ1n) is 8.54. The molecule has 2 rings (SSSR count). The number of piperidine rings is 1. The second-order valence-corrected chi connectivity index (χ2v) is 6.71. The van der Waals surface area contributed by atoms with E-state index in [2.05, 4.69) is 17.6 Å². The molecule has 3 N–H and O–H groups in total. The van der Waals surface area contributed by atoms with Gasteiger partial charge in [-0.1, -0.05) is 26.2 Å². The quantitative estimate of drug-likeness (QED) is 0.724. The van der Waals surface area contributed by atoms with Crippen LogP contribution in [-0.2, 0) is 9.59 Å². The lowest BCUT2D eigenvalue weighted by atomic mass is 9.86. The van der Waals surface area contributed by atoms with Gasteiger partial charge in [0.2, 0.25) is 5.91 Å². The zero-order chi connectivity index (χ0) is 16.8. The Kier molecular flexibility index (Phi) is 6.38. The predicted molar refractivity (Wildman–Crippen MR) is 84.9 cm³/mol. The molecule has 2 aliphatic rings. The summed E-state index contributed by atoms with van der Waals surface area (Å²) in [5.74, 6) is -0.930. The Morgan fingerprint density at radius 3 is 2.48 bits per heavy atom. The van der Waals surface area contributed by atoms with Crippen molar-refractivity contribution in [1.29, 1.82) is 0 Å². The van der Waals surface area contributed by atoms with Gasteiger partial charge in [0.15, 0.2) is 0 Å². The fourth-order valence-electron chi connectivity index (χ4n) is 3.55. The van der Waals surface area contributed by atoms with Crippen LogP contribution in [0.4, 0.5) is 4.79 Å². The molecule has 130 valence electrons. The number of carbonyl (C=O) groups is 3. The van der Waals surface area contributed by atoms with Crippen molar-refractivity contribution in [3.63, 3.8) is 0 Å². The molecular formula is C16H27N3O4. The Hall–Kier alpha value is -1.63. The highest BCUT2D eigenvalue weighted by molar-refractivity contribution is 5.95. The van der Waals surface area contributed by atoms with Gasteiger partial charge in [0.05, 0.1) is 6.54 Å². The van der Waals surface area contributed by atoms with Crippen LogP contribution in [-0.4, -0.2) is 53.1 Å². The molecule has 2 fully saturated rings. The normalized spacial score (nSPS) is 28.8. The molecule has 1 heterocycles. The Bertz CT molecular complexity index is 455. The molecule has 1 aliphatic carbocycles. The van der Waals surface area contributed by atoms with Crippen molar-refractivity contribution in [2.45, 2.75) is 64.0 Å². The van der Waals surface area contributed by atoms with E-state index in [1.54, 1.807) is 4.90 Å². The summed E-state index contributed by atoms with van der Waals surface area (Å²) in [4.78, 5) is 36.8. The highest BCUT2D eigenvalue weighted by Crippen LogP contribution is 2.23. The van der Waals surface area contributed by atoms with Crippen LogP contribution >= 0.6 is 0 Å². The number of hydrogen-bond donors (Lipinski definition) is 3. The maximum Gasteiger partial charge on any atom is 0.321 e. The first-order valence-corrected chi connectivity index (χ1v) is 8.54. The average molecular weight is 325 g/mol. The minimum atomic E-state index is -0.905. The standard InChI is InChI=1S/C16H27N3O4/c1-11-6-2-3-7-12(11)17-16(23)18-14(20)10-19-9-5-4-8-13(19)15(21)22/h11-13H,2-10H2,1H3,(H,21,22)(H2,17,18,20,23). The Labute approximate surface area is 136 Å². The number of carboxylic acids is 1. The minimum Gasteiger partial charge on any atom is -0.480 e. The monoisotopic (exact) mass is 325 g/mol. The molecule has 1 aliphatic heterocycles. The fraction of sp³-hybridized carbons (Fsp3) is 0.812. The highest BCUT2D eigenvalue weighted by Gasteiger charge is 2.30. The second-order valence-electron chi connectivity index (χ2n) is 6.71. The van der Waals surface area contributed by atoms with Crippen molar-refractivity contribution in [1.82, 2.24) is 15.5 Å². The number of rotatable bonds is 4. The first kappa shape index (κ1) is 17.7. The lowest BCUT2D eigenvalue weighted by molar-refractivity contribution is -0.145. The highest BCUT2D eigenvalue weighted by atomic mass is 16.4. The Balaban J connectivity index is 1.79. The smallest absolute Gasteiger partial charge is 0.321 e. The third-order valence-electron chi connectivity index (χ3n) is 4.93. The van der Waals surface area contributed by atoms with E-state index in [0.29, 0.717) is 18.9 Å². The molecule has 0 aromatic rings. The van der Waals surface area contributed by atoms with Crippen molar-refractivity contribution in [3.05, 3.63) is 0 Å². The number of carboxylic acid groups (broad SMARTS) is 1. The number of nitrogens with zero attached hydrogens (tertiary/aromatic N) is 1. The van der Waals surface area contributed by atoms with Crippen molar-refractivity contribution >= 4 is 17.9 Å². The molecule has 1 saturated carbocycles. The summed E-state index contributed by atoms with van der Waals surface area (Å²) in [6.45, 7) is 2.63. The number of urea groups is 1. The van der Waals surface area contributed by atoms with Crippen LogP contribution in [0.3, 0.4) is 0 Å². The van der Waals surface area contributed by atoms with E-state index < -0.39 is 23.9 Å². The summed E-state index contributed by atoms with van der Waals surface area (Å²) in [5, 5.41) is 14.4. The molecule has 0 aromatic carbocycles. The third kappa shape index (κ3) is 5.20. The summed E-state index contributed by atoms with van der Waals surface area (Å²) in [6.07, 6.45) is 6.60.